The molecule has 2 aliphatic rings. The first kappa shape index (κ1) is 13.4. The number of hydrogen-bond donors (Lipinski definition) is 2. The van der Waals surface area contributed by atoms with Crippen LogP contribution in [0.1, 0.15) is 5.56 Å². The highest BCUT2D eigenvalue weighted by Crippen LogP contribution is 2.13. The smallest absolute Gasteiger partial charge is 0.321 e. The molecule has 0 atom stereocenters. The average molecular weight is 274 g/mol. The summed E-state index contributed by atoms with van der Waals surface area (Å²) in [5.41, 5.74) is 2.03. The van der Waals surface area contributed by atoms with E-state index >= 15 is 0 Å². The quantitative estimate of drug-likeness (QED) is 0.849. The Labute approximate surface area is 119 Å². The van der Waals surface area contributed by atoms with Crippen LogP contribution in [0.2, 0.25) is 0 Å². The highest BCUT2D eigenvalue weighted by Gasteiger charge is 2.29. The van der Waals surface area contributed by atoms with Crippen molar-refractivity contribution in [1.29, 1.82) is 0 Å². The zero-order valence-corrected chi connectivity index (χ0v) is 11.9. The van der Waals surface area contributed by atoms with Gasteiger partial charge in [-0.3, -0.25) is 4.90 Å². The van der Waals surface area contributed by atoms with E-state index in [1.807, 2.05) is 36.1 Å². The van der Waals surface area contributed by atoms with Crippen LogP contribution < -0.4 is 10.6 Å². The lowest BCUT2D eigenvalue weighted by Gasteiger charge is -2.43. The molecule has 1 aromatic carbocycles. The molecule has 0 aliphatic carbocycles. The number of nitrogens with one attached hydrogen (secondary N) is 2. The van der Waals surface area contributed by atoms with Crippen molar-refractivity contribution >= 4 is 11.7 Å². The Balaban J connectivity index is 1.51. The van der Waals surface area contributed by atoms with Crippen LogP contribution in [0.25, 0.3) is 0 Å². The fraction of sp³-hybridized carbons (Fsp3) is 0.533. The number of hydrogen-bond acceptors (Lipinski definition) is 3. The van der Waals surface area contributed by atoms with Gasteiger partial charge < -0.3 is 15.5 Å². The number of urea groups is 1. The van der Waals surface area contributed by atoms with Crippen LogP contribution in [0.5, 0.6) is 0 Å². The minimum atomic E-state index is 0.0157. The molecule has 2 N–H and O–H groups in total. The number of aryl methyl sites for hydroxylation is 1. The third-order valence-electron chi connectivity index (χ3n) is 4.15. The van der Waals surface area contributed by atoms with Crippen molar-refractivity contribution in [3.8, 4) is 0 Å². The molecule has 2 saturated heterocycles. The number of nitrogens with zero attached hydrogens (tertiary/aromatic N) is 2. The fourth-order valence-electron chi connectivity index (χ4n) is 2.75. The standard InChI is InChI=1S/C15H22N4O/c1-12-3-2-4-13(9-12)17-15(20)19-7-5-18(6-8-19)14-10-16-11-14/h2-4,9,14,16H,5-8,10-11H2,1H3,(H,17,20). The van der Waals surface area contributed by atoms with Crippen LogP contribution in [0, 0.1) is 6.92 Å². The molecule has 2 amide bonds. The van der Waals surface area contributed by atoms with Gasteiger partial charge in [0.2, 0.25) is 0 Å². The van der Waals surface area contributed by atoms with Crippen LogP contribution in [-0.2, 0) is 0 Å². The predicted octanol–water partition coefficient (Wildman–Crippen LogP) is 1.12. The number of benzene rings is 1. The molecule has 0 bridgehead atoms. The van der Waals surface area contributed by atoms with Crippen molar-refractivity contribution in [2.24, 2.45) is 0 Å². The molecule has 2 aliphatic heterocycles. The average Bonchev–Trinajstić information content (AvgIpc) is 2.37. The minimum absolute atomic E-state index is 0.0157. The monoisotopic (exact) mass is 274 g/mol. The molecular formula is C15H22N4O. The van der Waals surface area contributed by atoms with E-state index in [4.69, 9.17) is 0 Å². The van der Waals surface area contributed by atoms with Crippen molar-refractivity contribution in [2.75, 3.05) is 44.6 Å². The maximum atomic E-state index is 12.2. The summed E-state index contributed by atoms with van der Waals surface area (Å²) in [6.45, 7) is 7.80. The second-order valence-corrected chi connectivity index (χ2v) is 5.63. The van der Waals surface area contributed by atoms with E-state index in [9.17, 15) is 4.79 Å². The molecule has 0 radical (unpaired) electrons. The van der Waals surface area contributed by atoms with Crippen LogP contribution in [0.4, 0.5) is 10.5 Å². The second-order valence-electron chi connectivity index (χ2n) is 5.63. The van der Waals surface area contributed by atoms with E-state index in [1.165, 1.54) is 0 Å². The third-order valence-corrected chi connectivity index (χ3v) is 4.15. The molecule has 0 saturated carbocycles. The Morgan fingerprint density at radius 1 is 1.25 bits per heavy atom. The zero-order chi connectivity index (χ0) is 13.9. The molecule has 1 aromatic rings. The molecule has 3 rings (SSSR count). The van der Waals surface area contributed by atoms with Gasteiger partial charge >= 0.3 is 6.03 Å². The van der Waals surface area contributed by atoms with Crippen LogP contribution >= 0.6 is 0 Å². The van der Waals surface area contributed by atoms with E-state index in [0.29, 0.717) is 6.04 Å². The van der Waals surface area contributed by atoms with Gasteiger partial charge in [0.05, 0.1) is 0 Å². The summed E-state index contributed by atoms with van der Waals surface area (Å²) in [6.07, 6.45) is 0. The summed E-state index contributed by atoms with van der Waals surface area (Å²) in [5, 5.41) is 6.28. The van der Waals surface area contributed by atoms with Crippen LogP contribution in [-0.4, -0.2) is 61.1 Å². The van der Waals surface area contributed by atoms with E-state index in [-0.39, 0.29) is 6.03 Å². The Kier molecular flexibility index (Phi) is 3.89. The first-order chi connectivity index (χ1) is 9.72. The molecule has 5 heteroatoms. The molecule has 0 unspecified atom stereocenters. The summed E-state index contributed by atoms with van der Waals surface area (Å²) in [5.74, 6) is 0. The van der Waals surface area contributed by atoms with Gasteiger partial charge in [-0.25, -0.2) is 4.79 Å². The maximum Gasteiger partial charge on any atom is 0.321 e. The van der Waals surface area contributed by atoms with Gasteiger partial charge in [0.1, 0.15) is 0 Å². The zero-order valence-electron chi connectivity index (χ0n) is 11.9. The summed E-state index contributed by atoms with van der Waals surface area (Å²) in [4.78, 5) is 16.6. The Bertz CT molecular complexity index is 479. The van der Waals surface area contributed by atoms with E-state index in [1.54, 1.807) is 0 Å². The lowest BCUT2D eigenvalue weighted by atomic mass is 10.1. The lowest BCUT2D eigenvalue weighted by molar-refractivity contribution is 0.0878. The summed E-state index contributed by atoms with van der Waals surface area (Å²) >= 11 is 0. The van der Waals surface area contributed by atoms with E-state index in [2.05, 4.69) is 15.5 Å². The SMILES string of the molecule is Cc1cccc(NC(=O)N2CCN(C3CNC3)CC2)c1. The van der Waals surface area contributed by atoms with Crippen molar-refractivity contribution < 1.29 is 4.79 Å². The Hall–Kier alpha value is -1.59. The normalized spacial score (nSPS) is 20.6. The first-order valence-electron chi connectivity index (χ1n) is 7.30. The first-order valence-corrected chi connectivity index (χ1v) is 7.30. The Morgan fingerprint density at radius 3 is 2.60 bits per heavy atom. The number of carbonyl (C=O) groups is 1. The van der Waals surface area contributed by atoms with E-state index < -0.39 is 0 Å². The number of anilines is 1. The summed E-state index contributed by atoms with van der Waals surface area (Å²) in [6, 6.07) is 8.61. The van der Waals surface area contributed by atoms with Gasteiger partial charge in [0.25, 0.3) is 0 Å². The minimum Gasteiger partial charge on any atom is -0.322 e. The molecule has 2 fully saturated rings. The van der Waals surface area contributed by atoms with Crippen molar-refractivity contribution in [1.82, 2.24) is 15.1 Å². The molecular weight excluding hydrogens is 252 g/mol. The highest BCUT2D eigenvalue weighted by molar-refractivity contribution is 5.89. The molecule has 108 valence electrons. The van der Waals surface area contributed by atoms with Gasteiger partial charge in [-0.15, -0.1) is 0 Å². The summed E-state index contributed by atoms with van der Waals surface area (Å²) < 4.78 is 0. The topological polar surface area (TPSA) is 47.6 Å². The van der Waals surface area contributed by atoms with Crippen LogP contribution in [0.3, 0.4) is 0 Å². The second kappa shape index (κ2) is 5.81. The molecule has 0 aromatic heterocycles. The maximum absolute atomic E-state index is 12.2. The fourth-order valence-corrected chi connectivity index (χ4v) is 2.75. The highest BCUT2D eigenvalue weighted by atomic mass is 16.2. The molecule has 20 heavy (non-hydrogen) atoms. The van der Waals surface area contributed by atoms with Gasteiger partial charge in [0.15, 0.2) is 0 Å². The predicted molar refractivity (Wildman–Crippen MR) is 80.0 cm³/mol. The number of carbonyl (C=O) groups excluding carboxylic acids is 1. The number of rotatable bonds is 2. The van der Waals surface area contributed by atoms with Crippen molar-refractivity contribution in [3.63, 3.8) is 0 Å². The molecule has 2 heterocycles. The number of piperazine rings is 1. The van der Waals surface area contributed by atoms with Gasteiger partial charge in [-0.05, 0) is 24.6 Å². The van der Waals surface area contributed by atoms with Crippen molar-refractivity contribution in [2.45, 2.75) is 13.0 Å². The van der Waals surface area contributed by atoms with E-state index in [0.717, 1.165) is 50.5 Å². The van der Waals surface area contributed by atoms with Gasteiger partial charge in [-0.1, -0.05) is 12.1 Å². The largest absolute Gasteiger partial charge is 0.322 e. The van der Waals surface area contributed by atoms with Crippen molar-refractivity contribution in [3.05, 3.63) is 29.8 Å². The third kappa shape index (κ3) is 2.94. The lowest BCUT2D eigenvalue weighted by Crippen LogP contribution is -2.62. The molecule has 5 nitrogen and oxygen atoms in total. The summed E-state index contributed by atoms with van der Waals surface area (Å²) in [7, 11) is 0. The Morgan fingerprint density at radius 2 is 2.00 bits per heavy atom. The van der Waals surface area contributed by atoms with Crippen LogP contribution in [0.15, 0.2) is 24.3 Å². The molecule has 0 spiro atoms. The number of amides is 2. The van der Waals surface area contributed by atoms with Gasteiger partial charge in [-0.2, -0.15) is 0 Å². The van der Waals surface area contributed by atoms with Gasteiger partial charge in [0, 0.05) is 51.0 Å².